The molecule has 1 amide bonds. The van der Waals surface area contributed by atoms with E-state index in [0.717, 1.165) is 6.54 Å². The Morgan fingerprint density at radius 1 is 1.24 bits per heavy atom. The van der Waals surface area contributed by atoms with Gasteiger partial charge in [0.25, 0.3) is 0 Å². The molecule has 0 radical (unpaired) electrons. The summed E-state index contributed by atoms with van der Waals surface area (Å²) < 4.78 is 19.2. The van der Waals surface area contributed by atoms with E-state index in [4.69, 9.17) is 16.3 Å². The van der Waals surface area contributed by atoms with Crippen LogP contribution in [-0.2, 0) is 14.3 Å². The molecule has 194 valence electrons. The number of amides is 1. The Hall–Kier alpha value is -3.67. The molecule has 1 unspecified atom stereocenters. The molecular weight excluding hydrogens is 501 g/mol. The number of halogens is 2. The van der Waals surface area contributed by atoms with Crippen LogP contribution in [0, 0.1) is 12.7 Å². The third kappa shape index (κ3) is 6.76. The number of aryl methyl sites for hydroxylation is 1. The maximum atomic E-state index is 14.3. The van der Waals surface area contributed by atoms with Gasteiger partial charge >= 0.3 is 5.97 Å². The van der Waals surface area contributed by atoms with E-state index in [2.05, 4.69) is 31.1 Å². The number of aromatic nitrogens is 3. The molecule has 37 heavy (non-hydrogen) atoms. The van der Waals surface area contributed by atoms with Crippen LogP contribution in [0.5, 0.6) is 0 Å². The number of piperazine rings is 1. The van der Waals surface area contributed by atoms with Gasteiger partial charge in [0.2, 0.25) is 5.91 Å². The Kier molecular flexibility index (Phi) is 8.59. The molecule has 3 aromatic rings. The lowest BCUT2D eigenvalue weighted by atomic mass is 10.1. The van der Waals surface area contributed by atoms with Crippen molar-refractivity contribution in [3.8, 4) is 11.3 Å². The molecule has 10 nitrogen and oxygen atoms in total. The SMILES string of the molecule is COC(=O)C1CNCCN1CCC(=O)Nc1cc(Nc2cc(-c3cc(Cl)ccc3F)nnc2C)ccn1. The highest BCUT2D eigenvalue weighted by Crippen LogP contribution is 2.28. The molecule has 1 aliphatic rings. The highest BCUT2D eigenvalue weighted by Gasteiger charge is 2.29. The maximum absolute atomic E-state index is 14.3. The zero-order valence-electron chi connectivity index (χ0n) is 20.4. The van der Waals surface area contributed by atoms with Crippen molar-refractivity contribution in [2.45, 2.75) is 19.4 Å². The van der Waals surface area contributed by atoms with Crippen LogP contribution in [0.4, 0.5) is 21.6 Å². The fraction of sp³-hybridized carbons (Fsp3) is 0.320. The van der Waals surface area contributed by atoms with Gasteiger partial charge in [-0.1, -0.05) is 11.6 Å². The smallest absolute Gasteiger partial charge is 0.324 e. The lowest BCUT2D eigenvalue weighted by Gasteiger charge is -2.33. The molecule has 0 spiro atoms. The molecule has 0 saturated carbocycles. The zero-order chi connectivity index (χ0) is 26.4. The molecule has 3 heterocycles. The quantitative estimate of drug-likeness (QED) is 0.379. The largest absolute Gasteiger partial charge is 0.468 e. The Morgan fingerprint density at radius 3 is 2.89 bits per heavy atom. The van der Waals surface area contributed by atoms with E-state index in [1.54, 1.807) is 31.3 Å². The van der Waals surface area contributed by atoms with Crippen LogP contribution < -0.4 is 16.0 Å². The third-order valence-corrected chi connectivity index (χ3v) is 6.18. The minimum Gasteiger partial charge on any atom is -0.468 e. The third-order valence-electron chi connectivity index (χ3n) is 5.94. The summed E-state index contributed by atoms with van der Waals surface area (Å²) in [6.07, 6.45) is 1.75. The minimum absolute atomic E-state index is 0.189. The number of nitrogens with zero attached hydrogens (tertiary/aromatic N) is 4. The van der Waals surface area contributed by atoms with Crippen LogP contribution in [0.15, 0.2) is 42.6 Å². The molecule has 1 fully saturated rings. The Morgan fingerprint density at radius 2 is 2.08 bits per heavy atom. The number of hydrogen-bond donors (Lipinski definition) is 3. The number of esters is 1. The summed E-state index contributed by atoms with van der Waals surface area (Å²) >= 11 is 6.02. The van der Waals surface area contributed by atoms with E-state index >= 15 is 0 Å². The molecule has 4 rings (SSSR count). The predicted molar refractivity (Wildman–Crippen MR) is 138 cm³/mol. The number of ether oxygens (including phenoxy) is 1. The Balaban J connectivity index is 1.41. The Labute approximate surface area is 218 Å². The predicted octanol–water partition coefficient (Wildman–Crippen LogP) is 3.16. The van der Waals surface area contributed by atoms with Crippen molar-refractivity contribution in [1.29, 1.82) is 0 Å². The molecule has 0 aliphatic carbocycles. The van der Waals surface area contributed by atoms with Gasteiger partial charge in [0.1, 0.15) is 17.7 Å². The van der Waals surface area contributed by atoms with Crippen molar-refractivity contribution in [3.63, 3.8) is 0 Å². The molecule has 1 saturated heterocycles. The van der Waals surface area contributed by atoms with Crippen molar-refractivity contribution < 1.29 is 18.7 Å². The number of nitrogens with one attached hydrogen (secondary N) is 3. The van der Waals surface area contributed by atoms with E-state index in [9.17, 15) is 14.0 Å². The lowest BCUT2D eigenvalue weighted by molar-refractivity contribution is -0.147. The number of hydrogen-bond acceptors (Lipinski definition) is 9. The van der Waals surface area contributed by atoms with Crippen LogP contribution in [0.1, 0.15) is 12.1 Å². The van der Waals surface area contributed by atoms with Crippen molar-refractivity contribution in [2.75, 3.05) is 43.9 Å². The molecule has 12 heteroatoms. The van der Waals surface area contributed by atoms with Crippen LogP contribution in [0.25, 0.3) is 11.3 Å². The van der Waals surface area contributed by atoms with Gasteiger partial charge in [-0.2, -0.15) is 10.2 Å². The first-order valence-electron chi connectivity index (χ1n) is 11.7. The summed E-state index contributed by atoms with van der Waals surface area (Å²) in [6, 6.07) is 8.92. The van der Waals surface area contributed by atoms with Crippen molar-refractivity contribution in [3.05, 3.63) is 59.1 Å². The van der Waals surface area contributed by atoms with Gasteiger partial charge in [0.15, 0.2) is 0 Å². The number of methoxy groups -OCH3 is 1. The highest BCUT2D eigenvalue weighted by atomic mass is 35.5. The zero-order valence-corrected chi connectivity index (χ0v) is 21.2. The molecule has 2 aromatic heterocycles. The summed E-state index contributed by atoms with van der Waals surface area (Å²) in [5, 5.41) is 17.8. The first-order valence-corrected chi connectivity index (χ1v) is 12.1. The normalized spacial score (nSPS) is 15.7. The maximum Gasteiger partial charge on any atom is 0.324 e. The van der Waals surface area contributed by atoms with Crippen molar-refractivity contribution >= 4 is 40.7 Å². The van der Waals surface area contributed by atoms with Gasteiger partial charge in [-0.25, -0.2) is 9.37 Å². The van der Waals surface area contributed by atoms with Crippen LogP contribution >= 0.6 is 11.6 Å². The molecule has 1 atom stereocenters. The second-order valence-electron chi connectivity index (χ2n) is 8.48. The minimum atomic E-state index is -0.457. The van der Waals surface area contributed by atoms with Crippen molar-refractivity contribution in [1.82, 2.24) is 25.4 Å². The number of benzene rings is 1. The number of pyridine rings is 1. The van der Waals surface area contributed by atoms with E-state index in [0.29, 0.717) is 53.2 Å². The topological polar surface area (TPSA) is 121 Å². The van der Waals surface area contributed by atoms with Crippen LogP contribution in [-0.4, -0.2) is 71.3 Å². The number of anilines is 3. The number of carbonyl (C=O) groups is 2. The van der Waals surface area contributed by atoms with E-state index in [-0.39, 0.29) is 23.9 Å². The van der Waals surface area contributed by atoms with Gasteiger partial charge in [0.05, 0.1) is 24.2 Å². The average molecular weight is 528 g/mol. The molecule has 1 aliphatic heterocycles. The fourth-order valence-corrected chi connectivity index (χ4v) is 4.14. The van der Waals surface area contributed by atoms with Gasteiger partial charge in [-0.15, -0.1) is 0 Å². The fourth-order valence-electron chi connectivity index (χ4n) is 3.97. The van der Waals surface area contributed by atoms with Crippen molar-refractivity contribution in [2.24, 2.45) is 0 Å². The molecule has 0 bridgehead atoms. The molecule has 1 aromatic carbocycles. The summed E-state index contributed by atoms with van der Waals surface area (Å²) in [5.41, 5.74) is 2.43. The van der Waals surface area contributed by atoms with Crippen LogP contribution in [0.3, 0.4) is 0 Å². The lowest BCUT2D eigenvalue weighted by Crippen LogP contribution is -2.55. The monoisotopic (exact) mass is 527 g/mol. The molecular formula is C25H27ClFN7O3. The Bertz CT molecular complexity index is 1290. The standard InChI is InChI=1S/C25H27ClFN7O3/c1-15-20(13-21(33-32-15)18-11-16(26)3-4-19(18)27)30-17-5-7-29-23(12-17)31-24(35)6-9-34-10-8-28-14-22(34)25(36)37-2/h3-5,7,11-13,22,28H,6,8-10,14H2,1-2H3,(H2,29,30,31,33,35). The second-order valence-corrected chi connectivity index (χ2v) is 8.92. The first kappa shape index (κ1) is 26.4. The highest BCUT2D eigenvalue weighted by molar-refractivity contribution is 6.30. The molecule has 3 N–H and O–H groups in total. The number of carbonyl (C=O) groups excluding carboxylic acids is 2. The summed E-state index contributed by atoms with van der Waals surface area (Å²) in [5.74, 6) is -0.649. The second kappa shape index (κ2) is 12.0. The number of rotatable bonds is 8. The van der Waals surface area contributed by atoms with E-state index in [1.165, 1.54) is 25.3 Å². The first-order chi connectivity index (χ1) is 17.8. The van der Waals surface area contributed by atoms with Gasteiger partial charge < -0.3 is 20.7 Å². The summed E-state index contributed by atoms with van der Waals surface area (Å²) in [6.45, 7) is 4.05. The average Bonchev–Trinajstić information content (AvgIpc) is 2.90. The van der Waals surface area contributed by atoms with Crippen LogP contribution in [0.2, 0.25) is 5.02 Å². The van der Waals surface area contributed by atoms with E-state index in [1.807, 2.05) is 4.90 Å². The van der Waals surface area contributed by atoms with Gasteiger partial charge in [-0.3, -0.25) is 14.5 Å². The van der Waals surface area contributed by atoms with E-state index < -0.39 is 11.9 Å². The van der Waals surface area contributed by atoms with Gasteiger partial charge in [-0.05, 0) is 37.3 Å². The summed E-state index contributed by atoms with van der Waals surface area (Å²) in [4.78, 5) is 30.8. The van der Waals surface area contributed by atoms with Gasteiger partial charge in [0, 0.05) is 61.1 Å². The summed E-state index contributed by atoms with van der Waals surface area (Å²) in [7, 11) is 1.36.